The Kier molecular flexibility index (Phi) is 6.96. The first-order valence-electron chi connectivity index (χ1n) is 12.6. The van der Waals surface area contributed by atoms with Crippen molar-refractivity contribution in [2.45, 2.75) is 70.4 Å². The van der Waals surface area contributed by atoms with Crippen molar-refractivity contribution in [3.05, 3.63) is 41.1 Å². The fourth-order valence-corrected chi connectivity index (χ4v) is 5.11. The van der Waals surface area contributed by atoms with E-state index in [2.05, 4.69) is 20.8 Å². The average molecular weight is 481 g/mol. The number of carbonyl (C=O) groups is 2. The smallest absolute Gasteiger partial charge is 0.338 e. The second kappa shape index (κ2) is 10.5. The van der Waals surface area contributed by atoms with Gasteiger partial charge in [-0.15, -0.1) is 0 Å². The van der Waals surface area contributed by atoms with Crippen LogP contribution in [0.2, 0.25) is 0 Å². The fourth-order valence-electron chi connectivity index (χ4n) is 5.11. The van der Waals surface area contributed by atoms with Crippen molar-refractivity contribution < 1.29 is 19.1 Å². The van der Waals surface area contributed by atoms with Crippen LogP contribution in [-0.4, -0.2) is 62.8 Å². The molecule has 3 aliphatic rings. The molecule has 2 aliphatic heterocycles. The van der Waals surface area contributed by atoms with Crippen LogP contribution in [-0.2, 0) is 14.3 Å². The van der Waals surface area contributed by atoms with Gasteiger partial charge in [0.1, 0.15) is 17.9 Å². The minimum absolute atomic E-state index is 0.0109. The molecule has 1 unspecified atom stereocenters. The van der Waals surface area contributed by atoms with Crippen LogP contribution in [0.1, 0.15) is 69.9 Å². The number of hydrogen-bond donors (Lipinski definition) is 1. The number of carbonyl (C=O) groups excluding carboxylic acids is 2. The number of tetrazole rings is 1. The van der Waals surface area contributed by atoms with E-state index >= 15 is 0 Å². The molecule has 3 heterocycles. The van der Waals surface area contributed by atoms with Gasteiger partial charge >= 0.3 is 5.97 Å². The number of nitrogens with zero attached hydrogens (tertiary/aromatic N) is 5. The molecule has 5 rings (SSSR count). The van der Waals surface area contributed by atoms with Crippen LogP contribution in [0.3, 0.4) is 0 Å². The zero-order chi connectivity index (χ0) is 24.2. The Bertz CT molecular complexity index is 1080. The molecule has 2 aromatic rings. The van der Waals surface area contributed by atoms with E-state index < -0.39 is 6.04 Å². The van der Waals surface area contributed by atoms with E-state index in [1.165, 1.54) is 12.8 Å². The highest BCUT2D eigenvalue weighted by Crippen LogP contribution is 2.36. The lowest BCUT2D eigenvalue weighted by Gasteiger charge is -2.29. The summed E-state index contributed by atoms with van der Waals surface area (Å²) in [7, 11) is 0. The van der Waals surface area contributed by atoms with Crippen LogP contribution in [0.5, 0.6) is 5.75 Å². The number of amides is 1. The molecule has 2 fully saturated rings. The number of anilines is 1. The SMILES string of the molecule is CC1=C(C(=O)OC2CCCCC2)C(c2ccc(OCC(=O)N3CCCCC3)cc2)n2nnnc2N1. The van der Waals surface area contributed by atoms with Gasteiger partial charge in [-0.05, 0) is 80.0 Å². The number of rotatable bonds is 6. The molecule has 10 nitrogen and oxygen atoms in total. The van der Waals surface area contributed by atoms with E-state index in [0.717, 1.165) is 57.2 Å². The van der Waals surface area contributed by atoms with Crippen molar-refractivity contribution >= 4 is 17.8 Å². The minimum atomic E-state index is -0.527. The predicted molar refractivity (Wildman–Crippen MR) is 128 cm³/mol. The Morgan fingerprint density at radius 3 is 2.49 bits per heavy atom. The summed E-state index contributed by atoms with van der Waals surface area (Å²) in [5, 5.41) is 15.1. The Hall–Kier alpha value is -3.43. The molecule has 1 saturated heterocycles. The van der Waals surface area contributed by atoms with Gasteiger partial charge in [0.15, 0.2) is 6.61 Å². The fraction of sp³-hybridized carbons (Fsp3) is 0.560. The molecule has 0 bridgehead atoms. The van der Waals surface area contributed by atoms with E-state index in [-0.39, 0.29) is 24.6 Å². The minimum Gasteiger partial charge on any atom is -0.484 e. The van der Waals surface area contributed by atoms with E-state index in [4.69, 9.17) is 9.47 Å². The normalized spacial score (nSPS) is 20.7. The molecule has 0 radical (unpaired) electrons. The van der Waals surface area contributed by atoms with Crippen molar-refractivity contribution in [1.29, 1.82) is 0 Å². The average Bonchev–Trinajstić information content (AvgIpc) is 3.36. The number of ether oxygens (including phenoxy) is 2. The van der Waals surface area contributed by atoms with Crippen molar-refractivity contribution in [1.82, 2.24) is 25.1 Å². The van der Waals surface area contributed by atoms with E-state index in [9.17, 15) is 9.59 Å². The molecule has 1 atom stereocenters. The quantitative estimate of drug-likeness (QED) is 0.628. The van der Waals surface area contributed by atoms with Gasteiger partial charge in [0.05, 0.1) is 5.57 Å². The predicted octanol–water partition coefficient (Wildman–Crippen LogP) is 3.23. The molecule has 1 aromatic carbocycles. The largest absolute Gasteiger partial charge is 0.484 e. The summed E-state index contributed by atoms with van der Waals surface area (Å²) in [6.07, 6.45) is 8.36. The van der Waals surface area contributed by atoms with E-state index in [1.54, 1.807) is 4.68 Å². The highest BCUT2D eigenvalue weighted by atomic mass is 16.5. The first-order valence-corrected chi connectivity index (χ1v) is 12.6. The van der Waals surface area contributed by atoms with Crippen LogP contribution in [0.4, 0.5) is 5.95 Å². The summed E-state index contributed by atoms with van der Waals surface area (Å²) in [5.41, 5.74) is 1.99. The molecule has 1 aromatic heterocycles. The molecule has 1 aliphatic carbocycles. The zero-order valence-electron chi connectivity index (χ0n) is 20.1. The standard InChI is InChI=1S/C25H32N6O4/c1-17-22(24(33)35-20-8-4-2-5-9-20)23(31-25(26-17)27-28-29-31)18-10-12-19(13-11-18)34-16-21(32)30-14-6-3-7-15-30/h10-13,20,23H,2-9,14-16H2,1H3,(H,26,27,29). The lowest BCUT2D eigenvalue weighted by atomic mass is 9.95. The number of nitrogens with one attached hydrogen (secondary N) is 1. The molecule has 1 amide bonds. The van der Waals surface area contributed by atoms with E-state index in [1.807, 2.05) is 36.1 Å². The summed E-state index contributed by atoms with van der Waals surface area (Å²) in [6, 6.07) is 6.85. The second-order valence-electron chi connectivity index (χ2n) is 9.48. The van der Waals surface area contributed by atoms with Gasteiger partial charge in [-0.2, -0.15) is 4.68 Å². The highest BCUT2D eigenvalue weighted by molar-refractivity contribution is 5.92. The molecule has 35 heavy (non-hydrogen) atoms. The third-order valence-corrected chi connectivity index (χ3v) is 7.03. The van der Waals surface area contributed by atoms with Crippen molar-refractivity contribution in [3.63, 3.8) is 0 Å². The van der Waals surface area contributed by atoms with Crippen LogP contribution >= 0.6 is 0 Å². The second-order valence-corrected chi connectivity index (χ2v) is 9.48. The first-order chi connectivity index (χ1) is 17.1. The number of benzene rings is 1. The van der Waals surface area contributed by atoms with Gasteiger partial charge < -0.3 is 19.7 Å². The summed E-state index contributed by atoms with van der Waals surface area (Å²) in [5.74, 6) is 0.725. The van der Waals surface area contributed by atoms with Crippen LogP contribution in [0.25, 0.3) is 0 Å². The molecule has 1 saturated carbocycles. The number of hydrogen-bond acceptors (Lipinski definition) is 8. The third kappa shape index (κ3) is 5.16. The number of aromatic nitrogens is 4. The maximum atomic E-state index is 13.3. The zero-order valence-corrected chi connectivity index (χ0v) is 20.1. The number of esters is 1. The highest BCUT2D eigenvalue weighted by Gasteiger charge is 2.36. The van der Waals surface area contributed by atoms with Gasteiger partial charge in [-0.25, -0.2) is 4.79 Å². The van der Waals surface area contributed by atoms with Crippen LogP contribution < -0.4 is 10.1 Å². The summed E-state index contributed by atoms with van der Waals surface area (Å²) in [6.45, 7) is 3.46. The van der Waals surface area contributed by atoms with Gasteiger partial charge in [0.25, 0.3) is 5.91 Å². The first kappa shape index (κ1) is 23.3. The van der Waals surface area contributed by atoms with Gasteiger partial charge in [-0.1, -0.05) is 23.7 Å². The number of likely N-dealkylation sites (tertiary alicyclic amines) is 1. The molecule has 10 heteroatoms. The third-order valence-electron chi connectivity index (χ3n) is 7.03. The molecular weight excluding hydrogens is 448 g/mol. The summed E-state index contributed by atoms with van der Waals surface area (Å²) in [4.78, 5) is 27.6. The molecule has 186 valence electrons. The topological polar surface area (TPSA) is 111 Å². The lowest BCUT2D eigenvalue weighted by molar-refractivity contribution is -0.146. The van der Waals surface area contributed by atoms with Gasteiger partial charge in [-0.3, -0.25) is 4.79 Å². The van der Waals surface area contributed by atoms with Crippen molar-refractivity contribution in [3.8, 4) is 5.75 Å². The monoisotopic (exact) mass is 480 g/mol. The summed E-state index contributed by atoms with van der Waals surface area (Å²) < 4.78 is 13.3. The van der Waals surface area contributed by atoms with Crippen molar-refractivity contribution in [2.24, 2.45) is 0 Å². The van der Waals surface area contributed by atoms with Crippen LogP contribution in [0.15, 0.2) is 35.5 Å². The van der Waals surface area contributed by atoms with E-state index in [0.29, 0.717) is 23.0 Å². The number of fused-ring (bicyclic) bond motifs is 1. The Morgan fingerprint density at radius 2 is 1.74 bits per heavy atom. The molecular formula is C25H32N6O4. The van der Waals surface area contributed by atoms with Gasteiger partial charge in [0, 0.05) is 18.8 Å². The Labute approximate surface area is 204 Å². The Morgan fingerprint density at radius 1 is 1.03 bits per heavy atom. The molecule has 0 spiro atoms. The van der Waals surface area contributed by atoms with Crippen molar-refractivity contribution in [2.75, 3.05) is 25.0 Å². The van der Waals surface area contributed by atoms with Crippen LogP contribution in [0, 0.1) is 0 Å². The maximum Gasteiger partial charge on any atom is 0.338 e. The summed E-state index contributed by atoms with van der Waals surface area (Å²) >= 11 is 0. The lowest BCUT2D eigenvalue weighted by Crippen LogP contribution is -2.38. The number of allylic oxidation sites excluding steroid dienone is 1. The number of piperidine rings is 1. The van der Waals surface area contributed by atoms with Gasteiger partial charge in [0.2, 0.25) is 5.95 Å². The maximum absolute atomic E-state index is 13.3. The Balaban J connectivity index is 1.32. The molecule has 1 N–H and O–H groups in total.